The van der Waals surface area contributed by atoms with Crippen molar-refractivity contribution >= 4 is 11.7 Å². The van der Waals surface area contributed by atoms with Crippen LogP contribution in [0.5, 0.6) is 0 Å². The Balaban J connectivity index is 1.54. The summed E-state index contributed by atoms with van der Waals surface area (Å²) in [6.07, 6.45) is 6.50. The number of aromatic nitrogens is 3. The lowest BCUT2D eigenvalue weighted by Crippen LogP contribution is -2.14. The van der Waals surface area contributed by atoms with Crippen molar-refractivity contribution in [2.45, 2.75) is 19.4 Å². The molecule has 134 valence electrons. The first-order valence-electron chi connectivity index (χ1n) is 8.58. The summed E-state index contributed by atoms with van der Waals surface area (Å²) < 4.78 is 1.82. The fourth-order valence-corrected chi connectivity index (χ4v) is 2.68. The summed E-state index contributed by atoms with van der Waals surface area (Å²) in [5.41, 5.74) is 3.15. The van der Waals surface area contributed by atoms with E-state index in [0.717, 1.165) is 23.4 Å². The Hall–Kier alpha value is -2.99. The van der Waals surface area contributed by atoms with Crippen LogP contribution in [0.2, 0.25) is 0 Å². The van der Waals surface area contributed by atoms with Gasteiger partial charge in [0.15, 0.2) is 0 Å². The number of aryl methyl sites for hydroxylation is 1. The van der Waals surface area contributed by atoms with Gasteiger partial charge >= 0.3 is 0 Å². The molecule has 0 bridgehead atoms. The number of carbonyl (C=O) groups is 1. The maximum absolute atomic E-state index is 12.2. The summed E-state index contributed by atoms with van der Waals surface area (Å²) in [5, 5.41) is 7.22. The lowest BCUT2D eigenvalue weighted by Gasteiger charge is -2.10. The van der Waals surface area contributed by atoms with Crippen LogP contribution < -0.4 is 5.32 Å². The van der Waals surface area contributed by atoms with Crippen LogP contribution in [0, 0.1) is 0 Å². The molecule has 1 aromatic carbocycles. The number of anilines is 1. The highest BCUT2D eigenvalue weighted by Gasteiger charge is 2.07. The molecule has 2 heterocycles. The van der Waals surface area contributed by atoms with Crippen LogP contribution in [0.1, 0.15) is 17.5 Å². The molecule has 3 aromatic rings. The number of benzene rings is 1. The zero-order chi connectivity index (χ0) is 18.4. The minimum atomic E-state index is -0.0491. The molecule has 1 amide bonds. The molecule has 0 saturated heterocycles. The van der Waals surface area contributed by atoms with E-state index in [-0.39, 0.29) is 5.91 Å². The highest BCUT2D eigenvalue weighted by atomic mass is 16.1. The number of hydrogen-bond donors (Lipinski definition) is 1. The van der Waals surface area contributed by atoms with E-state index in [4.69, 9.17) is 0 Å². The second kappa shape index (κ2) is 8.40. The van der Waals surface area contributed by atoms with E-state index in [0.29, 0.717) is 18.7 Å². The number of amides is 1. The van der Waals surface area contributed by atoms with Crippen molar-refractivity contribution in [1.29, 1.82) is 0 Å². The molecule has 26 heavy (non-hydrogen) atoms. The normalized spacial score (nSPS) is 10.9. The molecule has 0 spiro atoms. The molecule has 1 N–H and O–H groups in total. The van der Waals surface area contributed by atoms with E-state index < -0.39 is 0 Å². The van der Waals surface area contributed by atoms with Gasteiger partial charge in [-0.25, -0.2) is 9.67 Å². The second-order valence-electron chi connectivity index (χ2n) is 6.46. The van der Waals surface area contributed by atoms with E-state index in [1.54, 1.807) is 12.4 Å². The van der Waals surface area contributed by atoms with Crippen LogP contribution in [0.25, 0.3) is 5.69 Å². The number of para-hydroxylation sites is 1. The maximum atomic E-state index is 12.2. The molecule has 0 aliphatic heterocycles. The van der Waals surface area contributed by atoms with Crippen molar-refractivity contribution in [2.75, 3.05) is 19.4 Å². The van der Waals surface area contributed by atoms with Crippen LogP contribution in [0.4, 0.5) is 5.82 Å². The molecule has 6 nitrogen and oxygen atoms in total. The minimum Gasteiger partial charge on any atom is -0.311 e. The largest absolute Gasteiger partial charge is 0.311 e. The van der Waals surface area contributed by atoms with Gasteiger partial charge in [-0.1, -0.05) is 18.2 Å². The van der Waals surface area contributed by atoms with Gasteiger partial charge in [-0.05, 0) is 55.9 Å². The first kappa shape index (κ1) is 17.8. The van der Waals surface area contributed by atoms with Crippen molar-refractivity contribution < 1.29 is 4.79 Å². The van der Waals surface area contributed by atoms with Gasteiger partial charge in [0.2, 0.25) is 5.91 Å². The second-order valence-corrected chi connectivity index (χ2v) is 6.46. The zero-order valence-electron chi connectivity index (χ0n) is 15.1. The maximum Gasteiger partial charge on any atom is 0.225 e. The van der Waals surface area contributed by atoms with Gasteiger partial charge in [0.1, 0.15) is 5.82 Å². The molecule has 0 aliphatic carbocycles. The lowest BCUT2D eigenvalue weighted by molar-refractivity contribution is -0.116. The SMILES string of the molecule is CN(C)Cc1ccnc(NC(=O)CCc2cnn(-c3ccccc3)c2)c1. The number of hydrogen-bond acceptors (Lipinski definition) is 4. The van der Waals surface area contributed by atoms with Gasteiger partial charge in [-0.15, -0.1) is 0 Å². The third-order valence-corrected chi connectivity index (χ3v) is 3.89. The molecule has 0 unspecified atom stereocenters. The monoisotopic (exact) mass is 349 g/mol. The molecular formula is C20H23N5O. The van der Waals surface area contributed by atoms with E-state index in [1.165, 1.54) is 0 Å². The highest BCUT2D eigenvalue weighted by molar-refractivity contribution is 5.89. The third kappa shape index (κ3) is 5.00. The molecule has 2 aromatic heterocycles. The predicted molar refractivity (Wildman–Crippen MR) is 102 cm³/mol. The quantitative estimate of drug-likeness (QED) is 0.712. The van der Waals surface area contributed by atoms with Gasteiger partial charge in [-0.3, -0.25) is 4.79 Å². The molecule has 0 atom stereocenters. The highest BCUT2D eigenvalue weighted by Crippen LogP contribution is 2.11. The zero-order valence-corrected chi connectivity index (χ0v) is 15.1. The summed E-state index contributed by atoms with van der Waals surface area (Å²) in [6, 6.07) is 13.8. The Labute approximate surface area is 153 Å². The van der Waals surface area contributed by atoms with Crippen LogP contribution in [-0.2, 0) is 17.8 Å². The van der Waals surface area contributed by atoms with Crippen molar-refractivity contribution in [3.8, 4) is 5.69 Å². The average Bonchev–Trinajstić information content (AvgIpc) is 3.09. The summed E-state index contributed by atoms with van der Waals surface area (Å²) in [4.78, 5) is 18.5. The Morgan fingerprint density at radius 3 is 2.73 bits per heavy atom. The van der Waals surface area contributed by atoms with Crippen molar-refractivity contribution in [1.82, 2.24) is 19.7 Å². The number of nitrogens with zero attached hydrogens (tertiary/aromatic N) is 4. The van der Waals surface area contributed by atoms with E-state index in [9.17, 15) is 4.79 Å². The smallest absolute Gasteiger partial charge is 0.225 e. The summed E-state index contributed by atoms with van der Waals surface area (Å²) in [7, 11) is 4.02. The van der Waals surface area contributed by atoms with Crippen molar-refractivity contribution in [3.05, 3.63) is 72.2 Å². The minimum absolute atomic E-state index is 0.0491. The van der Waals surface area contributed by atoms with Gasteiger partial charge < -0.3 is 10.2 Å². The first-order valence-corrected chi connectivity index (χ1v) is 8.58. The Bertz CT molecular complexity index is 857. The van der Waals surface area contributed by atoms with Crippen LogP contribution >= 0.6 is 0 Å². The van der Waals surface area contributed by atoms with Crippen LogP contribution in [0.3, 0.4) is 0 Å². The van der Waals surface area contributed by atoms with E-state index in [1.807, 2.05) is 67.4 Å². The molecule has 0 radical (unpaired) electrons. The molecule has 0 aliphatic rings. The predicted octanol–water partition coefficient (Wildman–Crippen LogP) is 2.90. The third-order valence-electron chi connectivity index (χ3n) is 3.89. The number of carbonyl (C=O) groups excluding carboxylic acids is 1. The molecule has 0 fully saturated rings. The Morgan fingerprint density at radius 1 is 1.15 bits per heavy atom. The molecule has 0 saturated carbocycles. The van der Waals surface area contributed by atoms with Gasteiger partial charge in [0, 0.05) is 25.4 Å². The van der Waals surface area contributed by atoms with Crippen LogP contribution in [-0.4, -0.2) is 39.7 Å². The molecule has 6 heteroatoms. The van der Waals surface area contributed by atoms with Gasteiger partial charge in [0.05, 0.1) is 11.9 Å². The standard InChI is InChI=1S/C20H23N5O/c1-24(2)14-16-10-11-21-19(12-16)23-20(26)9-8-17-13-22-25(15-17)18-6-4-3-5-7-18/h3-7,10-13,15H,8-9,14H2,1-2H3,(H,21,23,26). The van der Waals surface area contributed by atoms with E-state index in [2.05, 4.69) is 20.3 Å². The van der Waals surface area contributed by atoms with Crippen LogP contribution in [0.15, 0.2) is 61.1 Å². The fraction of sp³-hybridized carbons (Fsp3) is 0.250. The van der Waals surface area contributed by atoms with Crippen molar-refractivity contribution in [3.63, 3.8) is 0 Å². The number of nitrogens with one attached hydrogen (secondary N) is 1. The molecular weight excluding hydrogens is 326 g/mol. The molecule has 3 rings (SSSR count). The first-order chi connectivity index (χ1) is 12.6. The van der Waals surface area contributed by atoms with Gasteiger partial charge in [-0.2, -0.15) is 5.10 Å². The fourth-order valence-electron chi connectivity index (χ4n) is 2.68. The van der Waals surface area contributed by atoms with Gasteiger partial charge in [0.25, 0.3) is 0 Å². The Kier molecular flexibility index (Phi) is 5.76. The Morgan fingerprint density at radius 2 is 1.96 bits per heavy atom. The number of pyridine rings is 1. The lowest BCUT2D eigenvalue weighted by atomic mass is 10.2. The van der Waals surface area contributed by atoms with Crippen molar-refractivity contribution in [2.24, 2.45) is 0 Å². The number of rotatable bonds is 7. The van der Waals surface area contributed by atoms with E-state index >= 15 is 0 Å². The summed E-state index contributed by atoms with van der Waals surface area (Å²) >= 11 is 0. The summed E-state index contributed by atoms with van der Waals surface area (Å²) in [5.74, 6) is 0.543. The summed E-state index contributed by atoms with van der Waals surface area (Å²) in [6.45, 7) is 0.810. The average molecular weight is 349 g/mol. The topological polar surface area (TPSA) is 63.1 Å².